The van der Waals surface area contributed by atoms with Gasteiger partial charge in [-0.3, -0.25) is 14.4 Å². The summed E-state index contributed by atoms with van der Waals surface area (Å²) in [6, 6.07) is 5.19. The SMILES string of the molecule is CC(C)C(=O)N1CCN(C(=O)c2ccc3c(c2)N(C)C(=O)CCO3)CC1. The molecule has 0 saturated carbocycles. The van der Waals surface area contributed by atoms with Crippen molar-refractivity contribution in [2.75, 3.05) is 44.7 Å². The second kappa shape index (κ2) is 7.35. The minimum Gasteiger partial charge on any atom is -0.491 e. The maximum Gasteiger partial charge on any atom is 0.254 e. The number of amides is 3. The van der Waals surface area contributed by atoms with Crippen molar-refractivity contribution in [2.45, 2.75) is 20.3 Å². The first-order valence-corrected chi connectivity index (χ1v) is 9.00. The summed E-state index contributed by atoms with van der Waals surface area (Å²) in [6.45, 7) is 6.24. The molecule has 0 spiro atoms. The van der Waals surface area contributed by atoms with Crippen LogP contribution in [0.25, 0.3) is 0 Å². The first-order chi connectivity index (χ1) is 12.4. The zero-order chi connectivity index (χ0) is 18.8. The number of hydrogen-bond acceptors (Lipinski definition) is 4. The Morgan fingerprint density at radius 2 is 1.73 bits per heavy atom. The van der Waals surface area contributed by atoms with Crippen LogP contribution in [0, 0.1) is 5.92 Å². The van der Waals surface area contributed by atoms with Gasteiger partial charge in [0, 0.05) is 44.7 Å². The number of ether oxygens (including phenoxy) is 1. The van der Waals surface area contributed by atoms with Gasteiger partial charge in [-0.1, -0.05) is 13.8 Å². The van der Waals surface area contributed by atoms with Gasteiger partial charge in [-0.2, -0.15) is 0 Å². The van der Waals surface area contributed by atoms with E-state index in [0.29, 0.717) is 56.2 Å². The molecule has 1 aromatic rings. The second-order valence-corrected chi connectivity index (χ2v) is 7.01. The molecule has 7 heteroatoms. The Hall–Kier alpha value is -2.57. The molecule has 0 bridgehead atoms. The number of carbonyl (C=O) groups excluding carboxylic acids is 3. The van der Waals surface area contributed by atoms with Crippen molar-refractivity contribution in [3.8, 4) is 5.75 Å². The van der Waals surface area contributed by atoms with E-state index in [0.717, 1.165) is 0 Å². The van der Waals surface area contributed by atoms with E-state index >= 15 is 0 Å². The zero-order valence-electron chi connectivity index (χ0n) is 15.5. The molecule has 0 aromatic heterocycles. The van der Waals surface area contributed by atoms with Crippen molar-refractivity contribution in [3.05, 3.63) is 23.8 Å². The van der Waals surface area contributed by atoms with Crippen LogP contribution in [-0.4, -0.2) is 67.4 Å². The molecule has 0 aliphatic carbocycles. The smallest absolute Gasteiger partial charge is 0.254 e. The van der Waals surface area contributed by atoms with Crippen LogP contribution >= 0.6 is 0 Å². The normalized spacial score (nSPS) is 17.7. The third kappa shape index (κ3) is 3.52. The van der Waals surface area contributed by atoms with E-state index in [2.05, 4.69) is 0 Å². The molecule has 0 radical (unpaired) electrons. The van der Waals surface area contributed by atoms with Gasteiger partial charge in [-0.25, -0.2) is 0 Å². The molecule has 0 N–H and O–H groups in total. The van der Waals surface area contributed by atoms with Gasteiger partial charge < -0.3 is 19.4 Å². The van der Waals surface area contributed by atoms with Gasteiger partial charge in [0.15, 0.2) is 0 Å². The van der Waals surface area contributed by atoms with Crippen LogP contribution in [0.2, 0.25) is 0 Å². The molecule has 1 fully saturated rings. The molecular weight excluding hydrogens is 334 g/mol. The molecule has 3 rings (SSSR count). The Morgan fingerprint density at radius 1 is 1.08 bits per heavy atom. The quantitative estimate of drug-likeness (QED) is 0.800. The predicted octanol–water partition coefficient (Wildman–Crippen LogP) is 1.37. The molecule has 26 heavy (non-hydrogen) atoms. The van der Waals surface area contributed by atoms with Crippen LogP contribution < -0.4 is 9.64 Å². The predicted molar refractivity (Wildman–Crippen MR) is 97.3 cm³/mol. The molecule has 2 heterocycles. The first kappa shape index (κ1) is 18.2. The van der Waals surface area contributed by atoms with Gasteiger partial charge in [0.1, 0.15) is 5.75 Å². The summed E-state index contributed by atoms with van der Waals surface area (Å²) in [4.78, 5) is 42.1. The van der Waals surface area contributed by atoms with Crippen LogP contribution in [0.15, 0.2) is 18.2 Å². The third-order valence-electron chi connectivity index (χ3n) is 4.89. The molecule has 1 saturated heterocycles. The van der Waals surface area contributed by atoms with Crippen LogP contribution in [0.3, 0.4) is 0 Å². The minimum absolute atomic E-state index is 0.0325. The highest BCUT2D eigenvalue weighted by molar-refractivity contribution is 5.99. The average molecular weight is 359 g/mol. The van der Waals surface area contributed by atoms with Gasteiger partial charge in [-0.05, 0) is 18.2 Å². The lowest BCUT2D eigenvalue weighted by Crippen LogP contribution is -2.51. The molecule has 1 aromatic carbocycles. The van der Waals surface area contributed by atoms with E-state index in [1.54, 1.807) is 35.0 Å². The van der Waals surface area contributed by atoms with Gasteiger partial charge in [0.25, 0.3) is 5.91 Å². The van der Waals surface area contributed by atoms with E-state index in [9.17, 15) is 14.4 Å². The van der Waals surface area contributed by atoms with Crippen LogP contribution in [0.4, 0.5) is 5.69 Å². The van der Waals surface area contributed by atoms with Crippen molar-refractivity contribution >= 4 is 23.4 Å². The monoisotopic (exact) mass is 359 g/mol. The summed E-state index contributed by atoms with van der Waals surface area (Å²) in [5.74, 6) is 0.584. The van der Waals surface area contributed by atoms with Crippen molar-refractivity contribution in [3.63, 3.8) is 0 Å². The Labute approximate surface area is 153 Å². The summed E-state index contributed by atoms with van der Waals surface area (Å²) in [7, 11) is 1.69. The molecule has 2 aliphatic rings. The highest BCUT2D eigenvalue weighted by atomic mass is 16.5. The van der Waals surface area contributed by atoms with Crippen LogP contribution in [-0.2, 0) is 9.59 Å². The molecule has 7 nitrogen and oxygen atoms in total. The van der Waals surface area contributed by atoms with Gasteiger partial charge >= 0.3 is 0 Å². The van der Waals surface area contributed by atoms with Crippen LogP contribution in [0.1, 0.15) is 30.6 Å². The summed E-state index contributed by atoms with van der Waals surface area (Å²) < 4.78 is 5.60. The Balaban J connectivity index is 1.72. The molecule has 140 valence electrons. The fourth-order valence-corrected chi connectivity index (χ4v) is 3.26. The maximum absolute atomic E-state index is 12.8. The van der Waals surface area contributed by atoms with Gasteiger partial charge in [0.2, 0.25) is 11.8 Å². The number of anilines is 1. The first-order valence-electron chi connectivity index (χ1n) is 9.00. The summed E-state index contributed by atoms with van der Waals surface area (Å²) >= 11 is 0. The third-order valence-corrected chi connectivity index (χ3v) is 4.89. The lowest BCUT2D eigenvalue weighted by atomic mass is 10.1. The minimum atomic E-state index is -0.0884. The number of hydrogen-bond donors (Lipinski definition) is 0. The molecule has 0 atom stereocenters. The number of piperazine rings is 1. The number of benzene rings is 1. The lowest BCUT2D eigenvalue weighted by Gasteiger charge is -2.35. The lowest BCUT2D eigenvalue weighted by molar-refractivity contribution is -0.135. The van der Waals surface area contributed by atoms with Gasteiger partial charge in [-0.15, -0.1) is 0 Å². The number of rotatable bonds is 2. The zero-order valence-corrected chi connectivity index (χ0v) is 15.5. The van der Waals surface area contributed by atoms with E-state index < -0.39 is 0 Å². The molecular formula is C19H25N3O4. The Bertz CT molecular complexity index is 723. The van der Waals surface area contributed by atoms with Crippen LogP contribution in [0.5, 0.6) is 5.75 Å². The topological polar surface area (TPSA) is 70.2 Å². The van der Waals surface area contributed by atoms with E-state index in [1.165, 1.54) is 0 Å². The standard InChI is InChI=1S/C19H25N3O4/c1-13(2)18(24)21-7-9-22(10-8-21)19(25)14-4-5-16-15(12-14)20(3)17(23)6-11-26-16/h4-5,12-13H,6-11H2,1-3H3. The van der Waals surface area contributed by atoms with E-state index in [1.807, 2.05) is 18.7 Å². The number of carbonyl (C=O) groups is 3. The Morgan fingerprint density at radius 3 is 2.38 bits per heavy atom. The average Bonchev–Trinajstić information content (AvgIpc) is 2.79. The van der Waals surface area contributed by atoms with Crippen molar-refractivity contribution in [1.29, 1.82) is 0 Å². The summed E-state index contributed by atoms with van der Waals surface area (Å²) in [6.07, 6.45) is 0.320. The number of nitrogens with zero attached hydrogens (tertiary/aromatic N) is 3. The van der Waals surface area contributed by atoms with Crippen molar-refractivity contribution in [2.24, 2.45) is 5.92 Å². The molecule has 0 unspecified atom stereocenters. The Kier molecular flexibility index (Phi) is 5.15. The van der Waals surface area contributed by atoms with E-state index in [-0.39, 0.29) is 23.6 Å². The summed E-state index contributed by atoms with van der Waals surface area (Å²) in [5.41, 5.74) is 1.14. The second-order valence-electron chi connectivity index (χ2n) is 7.01. The molecule has 3 amide bonds. The molecule has 2 aliphatic heterocycles. The van der Waals surface area contributed by atoms with Crippen molar-refractivity contribution < 1.29 is 19.1 Å². The van der Waals surface area contributed by atoms with E-state index in [4.69, 9.17) is 4.74 Å². The highest BCUT2D eigenvalue weighted by Crippen LogP contribution is 2.32. The largest absolute Gasteiger partial charge is 0.491 e. The maximum atomic E-state index is 12.8. The van der Waals surface area contributed by atoms with Gasteiger partial charge in [0.05, 0.1) is 18.7 Å². The number of fused-ring (bicyclic) bond motifs is 1. The fraction of sp³-hybridized carbons (Fsp3) is 0.526. The highest BCUT2D eigenvalue weighted by Gasteiger charge is 2.27. The fourth-order valence-electron chi connectivity index (χ4n) is 3.26. The van der Waals surface area contributed by atoms with Crippen molar-refractivity contribution in [1.82, 2.24) is 9.80 Å². The summed E-state index contributed by atoms with van der Waals surface area (Å²) in [5, 5.41) is 0.